The van der Waals surface area contributed by atoms with Crippen LogP contribution in [0.2, 0.25) is 0 Å². The van der Waals surface area contributed by atoms with Crippen molar-refractivity contribution < 1.29 is 49.4 Å². The van der Waals surface area contributed by atoms with Crippen molar-refractivity contribution >= 4 is 11.9 Å². The fourth-order valence-corrected chi connectivity index (χ4v) is 2.76. The first kappa shape index (κ1) is 28.1. The Labute approximate surface area is 181 Å². The molecular formula is C19H37N2NaO4. The molecule has 0 unspecified atom stereocenters. The predicted molar refractivity (Wildman–Crippen MR) is 98.0 cm³/mol. The van der Waals surface area contributed by atoms with E-state index >= 15 is 0 Å². The van der Waals surface area contributed by atoms with Crippen LogP contribution in [0.4, 0.5) is 0 Å². The molecule has 148 valence electrons. The normalized spacial score (nSPS) is 10.6. The molecule has 0 heterocycles. The number of nitrogens with one attached hydrogen (secondary N) is 1. The molecule has 26 heavy (non-hydrogen) atoms. The Morgan fingerprint density at radius 3 is 2.00 bits per heavy atom. The summed E-state index contributed by atoms with van der Waals surface area (Å²) in [5, 5.41) is 22.3. The molecule has 0 bridgehead atoms. The summed E-state index contributed by atoms with van der Waals surface area (Å²) in [7, 11) is 0. The van der Waals surface area contributed by atoms with Gasteiger partial charge in [-0.2, -0.15) is 0 Å². The Balaban J connectivity index is 0. The van der Waals surface area contributed by atoms with Gasteiger partial charge >= 0.3 is 29.6 Å². The topological polar surface area (TPSA) is 92.7 Å². The number of carbonyl (C=O) groups excluding carboxylic acids is 2. The van der Waals surface area contributed by atoms with Crippen molar-refractivity contribution in [2.45, 2.75) is 77.6 Å². The van der Waals surface area contributed by atoms with E-state index in [9.17, 15) is 14.7 Å². The summed E-state index contributed by atoms with van der Waals surface area (Å²) in [6.45, 7) is 3.95. The summed E-state index contributed by atoms with van der Waals surface area (Å²) in [6, 6.07) is 0. The molecule has 0 saturated heterocycles. The second-order valence-electron chi connectivity index (χ2n) is 6.62. The van der Waals surface area contributed by atoms with Crippen molar-refractivity contribution in [1.82, 2.24) is 10.2 Å². The van der Waals surface area contributed by atoms with Gasteiger partial charge < -0.3 is 20.3 Å². The molecule has 0 spiro atoms. The predicted octanol–water partition coefficient (Wildman–Crippen LogP) is -1.54. The van der Waals surface area contributed by atoms with Crippen LogP contribution < -0.4 is 40.0 Å². The van der Waals surface area contributed by atoms with Crippen LogP contribution in [0.15, 0.2) is 0 Å². The van der Waals surface area contributed by atoms with Crippen molar-refractivity contribution in [2.24, 2.45) is 0 Å². The summed E-state index contributed by atoms with van der Waals surface area (Å²) < 4.78 is 0. The number of carboxylic acid groups (broad SMARTS) is 1. The van der Waals surface area contributed by atoms with Crippen LogP contribution in [0.3, 0.4) is 0 Å². The zero-order valence-corrected chi connectivity index (χ0v) is 18.9. The van der Waals surface area contributed by atoms with E-state index in [-0.39, 0.29) is 48.5 Å². The minimum absolute atomic E-state index is 0. The average molecular weight is 381 g/mol. The molecule has 7 heteroatoms. The number of carboxylic acids is 1. The molecule has 0 aliphatic heterocycles. The van der Waals surface area contributed by atoms with Gasteiger partial charge in [0.1, 0.15) is 0 Å². The number of aliphatic hydroxyl groups excluding tert-OH is 1. The molecule has 0 aromatic carbocycles. The Bertz CT molecular complexity index is 344. The fraction of sp³-hybridized carbons (Fsp3) is 0.895. The molecule has 0 rings (SSSR count). The third kappa shape index (κ3) is 20.2. The molecule has 0 aliphatic rings. The molecule has 0 aromatic rings. The van der Waals surface area contributed by atoms with Gasteiger partial charge in [-0.05, 0) is 12.8 Å². The largest absolute Gasteiger partial charge is 1.00 e. The van der Waals surface area contributed by atoms with E-state index in [1.807, 2.05) is 4.90 Å². The number of aliphatic carboxylic acids is 1. The molecule has 0 saturated carbocycles. The second kappa shape index (κ2) is 21.2. The minimum atomic E-state index is -1.10. The minimum Gasteiger partial charge on any atom is -0.550 e. The van der Waals surface area contributed by atoms with Crippen LogP contribution in [0.1, 0.15) is 77.6 Å². The summed E-state index contributed by atoms with van der Waals surface area (Å²) in [5.41, 5.74) is 0. The van der Waals surface area contributed by atoms with Gasteiger partial charge in [-0.25, -0.2) is 0 Å². The van der Waals surface area contributed by atoms with Crippen molar-refractivity contribution in [3.8, 4) is 0 Å². The standard InChI is InChI=1S/C19H38N2O4.Na/c1-2-3-4-5-6-7-8-9-10-11-18(23)20-13-15-21(16-17-22)14-12-19(24)25;/h22H,2-17H2,1H3,(H,20,23)(H,24,25);/q;+1/p-1. The number of amides is 1. The Kier molecular flexibility index (Phi) is 22.9. The summed E-state index contributed by atoms with van der Waals surface area (Å²) in [4.78, 5) is 24.1. The molecule has 0 atom stereocenters. The second-order valence-corrected chi connectivity index (χ2v) is 6.62. The van der Waals surface area contributed by atoms with Crippen LogP contribution in [0.25, 0.3) is 0 Å². The maximum Gasteiger partial charge on any atom is 1.00 e. The zero-order chi connectivity index (χ0) is 18.8. The number of carbonyl (C=O) groups is 2. The van der Waals surface area contributed by atoms with E-state index in [2.05, 4.69) is 12.2 Å². The van der Waals surface area contributed by atoms with Crippen LogP contribution in [0, 0.1) is 0 Å². The van der Waals surface area contributed by atoms with Gasteiger partial charge in [0.25, 0.3) is 0 Å². The third-order valence-corrected chi connectivity index (χ3v) is 4.31. The molecular weight excluding hydrogens is 343 g/mol. The first-order valence-corrected chi connectivity index (χ1v) is 9.90. The first-order chi connectivity index (χ1) is 12.1. The van der Waals surface area contributed by atoms with E-state index in [0.29, 0.717) is 32.6 Å². The van der Waals surface area contributed by atoms with Gasteiger partial charge in [0.15, 0.2) is 0 Å². The van der Waals surface area contributed by atoms with Gasteiger partial charge in [0.05, 0.1) is 6.61 Å². The summed E-state index contributed by atoms with van der Waals surface area (Å²) in [5.74, 6) is -1.05. The van der Waals surface area contributed by atoms with E-state index < -0.39 is 5.97 Å². The molecule has 0 radical (unpaired) electrons. The smallest absolute Gasteiger partial charge is 0.550 e. The number of rotatable bonds is 18. The van der Waals surface area contributed by atoms with E-state index in [0.717, 1.165) is 12.8 Å². The summed E-state index contributed by atoms with van der Waals surface area (Å²) in [6.07, 6.45) is 11.6. The molecule has 0 aromatic heterocycles. The molecule has 0 fully saturated rings. The summed E-state index contributed by atoms with van der Waals surface area (Å²) >= 11 is 0. The van der Waals surface area contributed by atoms with Crippen molar-refractivity contribution in [2.75, 3.05) is 32.8 Å². The van der Waals surface area contributed by atoms with E-state index in [1.54, 1.807) is 0 Å². The van der Waals surface area contributed by atoms with Gasteiger partial charge in [0.2, 0.25) is 5.91 Å². The average Bonchev–Trinajstić information content (AvgIpc) is 2.58. The maximum atomic E-state index is 11.8. The van der Waals surface area contributed by atoms with Gasteiger partial charge in [-0.1, -0.05) is 58.3 Å². The number of nitrogens with zero attached hydrogens (tertiary/aromatic N) is 1. The molecule has 2 N–H and O–H groups in total. The molecule has 0 aliphatic carbocycles. The zero-order valence-electron chi connectivity index (χ0n) is 16.9. The maximum absolute atomic E-state index is 11.8. The van der Waals surface area contributed by atoms with Gasteiger partial charge in [0, 0.05) is 38.6 Å². The monoisotopic (exact) mass is 380 g/mol. The first-order valence-electron chi connectivity index (χ1n) is 9.90. The Morgan fingerprint density at radius 1 is 0.885 bits per heavy atom. The van der Waals surface area contributed by atoms with Crippen LogP contribution in [-0.2, 0) is 9.59 Å². The number of unbranched alkanes of at least 4 members (excludes halogenated alkanes) is 8. The third-order valence-electron chi connectivity index (χ3n) is 4.31. The number of hydrogen-bond donors (Lipinski definition) is 2. The van der Waals surface area contributed by atoms with E-state index in [1.165, 1.54) is 44.9 Å². The Hall–Kier alpha value is -0.140. The van der Waals surface area contributed by atoms with Crippen LogP contribution in [0.5, 0.6) is 0 Å². The molecule has 1 amide bonds. The van der Waals surface area contributed by atoms with Gasteiger partial charge in [-0.3, -0.25) is 9.69 Å². The van der Waals surface area contributed by atoms with Crippen molar-refractivity contribution in [3.05, 3.63) is 0 Å². The van der Waals surface area contributed by atoms with Crippen molar-refractivity contribution in [3.63, 3.8) is 0 Å². The van der Waals surface area contributed by atoms with E-state index in [4.69, 9.17) is 5.11 Å². The fourth-order valence-electron chi connectivity index (χ4n) is 2.76. The number of hydrogen-bond acceptors (Lipinski definition) is 5. The quantitative estimate of drug-likeness (QED) is 0.222. The van der Waals surface area contributed by atoms with Crippen LogP contribution >= 0.6 is 0 Å². The SMILES string of the molecule is CCCCCCCCCCCC(=O)NCCN(CCO)CCC(=O)[O-].[Na+]. The van der Waals surface area contributed by atoms with Crippen LogP contribution in [-0.4, -0.2) is 54.7 Å². The Morgan fingerprint density at radius 2 is 1.46 bits per heavy atom. The number of aliphatic hydroxyl groups is 1. The van der Waals surface area contributed by atoms with Crippen molar-refractivity contribution in [1.29, 1.82) is 0 Å². The van der Waals surface area contributed by atoms with Gasteiger partial charge in [-0.15, -0.1) is 0 Å². The molecule has 6 nitrogen and oxygen atoms in total.